The van der Waals surface area contributed by atoms with Crippen LogP contribution in [-0.4, -0.2) is 28.3 Å². The molecule has 6 nitrogen and oxygen atoms in total. The molecular formula is C10H7BrF3NO5. The van der Waals surface area contributed by atoms with Gasteiger partial charge in [-0.1, -0.05) is 15.9 Å². The number of alkyl halides is 3. The first-order valence-corrected chi connectivity index (χ1v) is 5.79. The molecule has 1 unspecified atom stereocenters. The van der Waals surface area contributed by atoms with Gasteiger partial charge in [0.05, 0.1) is 17.4 Å². The third-order valence-electron chi connectivity index (χ3n) is 2.07. The van der Waals surface area contributed by atoms with E-state index in [1.807, 2.05) is 0 Å². The van der Waals surface area contributed by atoms with E-state index in [9.17, 15) is 28.1 Å². The van der Waals surface area contributed by atoms with E-state index < -0.39 is 41.0 Å². The molecule has 0 heterocycles. The molecule has 0 aromatic heterocycles. The highest BCUT2D eigenvalue weighted by Crippen LogP contribution is 2.31. The van der Waals surface area contributed by atoms with Crippen LogP contribution in [0.2, 0.25) is 0 Å². The second kappa shape index (κ2) is 6.07. The molecule has 0 radical (unpaired) electrons. The van der Waals surface area contributed by atoms with E-state index >= 15 is 0 Å². The van der Waals surface area contributed by atoms with Gasteiger partial charge in [0.25, 0.3) is 5.69 Å². The van der Waals surface area contributed by atoms with Crippen molar-refractivity contribution in [1.29, 1.82) is 0 Å². The number of carboxylic acids is 1. The Kier molecular flexibility index (Phi) is 4.93. The molecule has 0 spiro atoms. The SMILES string of the molecule is O=C(O)CC(Oc1cc(Br)cc([N+](=O)[O-])c1)C(F)(F)F. The molecule has 0 saturated carbocycles. The van der Waals surface area contributed by atoms with Crippen LogP contribution in [0.1, 0.15) is 6.42 Å². The molecule has 0 aliphatic heterocycles. The van der Waals surface area contributed by atoms with Gasteiger partial charge in [-0.25, -0.2) is 0 Å². The van der Waals surface area contributed by atoms with Gasteiger partial charge < -0.3 is 9.84 Å². The third-order valence-corrected chi connectivity index (χ3v) is 2.53. The molecule has 20 heavy (non-hydrogen) atoms. The number of rotatable bonds is 5. The summed E-state index contributed by atoms with van der Waals surface area (Å²) < 4.78 is 42.4. The molecule has 0 aliphatic carbocycles. The number of hydrogen-bond acceptors (Lipinski definition) is 4. The lowest BCUT2D eigenvalue weighted by Crippen LogP contribution is -2.36. The summed E-state index contributed by atoms with van der Waals surface area (Å²) in [5.41, 5.74) is -0.481. The van der Waals surface area contributed by atoms with E-state index in [2.05, 4.69) is 20.7 Å². The Labute approximate surface area is 118 Å². The maximum atomic E-state index is 12.6. The zero-order valence-corrected chi connectivity index (χ0v) is 11.1. The molecule has 0 bridgehead atoms. The largest absolute Gasteiger partial charge is 0.481 e. The summed E-state index contributed by atoms with van der Waals surface area (Å²) in [7, 11) is 0. The number of carboxylic acid groups (broad SMARTS) is 1. The average Bonchev–Trinajstić information content (AvgIpc) is 2.25. The first-order valence-electron chi connectivity index (χ1n) is 4.99. The van der Waals surface area contributed by atoms with E-state index in [-0.39, 0.29) is 4.47 Å². The van der Waals surface area contributed by atoms with Gasteiger partial charge in [-0.2, -0.15) is 13.2 Å². The van der Waals surface area contributed by atoms with Crippen LogP contribution in [0.3, 0.4) is 0 Å². The predicted molar refractivity (Wildman–Crippen MR) is 63.5 cm³/mol. The number of hydrogen-bond donors (Lipinski definition) is 1. The zero-order chi connectivity index (χ0) is 15.5. The Hall–Kier alpha value is -1.84. The standard InChI is InChI=1S/C10H7BrF3NO5/c11-5-1-6(15(18)19)3-7(2-5)20-8(4-9(16)17)10(12,13)14/h1-3,8H,4H2,(H,16,17). The molecule has 0 fully saturated rings. The fourth-order valence-electron chi connectivity index (χ4n) is 1.27. The number of nitrogens with zero attached hydrogens (tertiary/aromatic N) is 1. The molecule has 10 heteroatoms. The lowest BCUT2D eigenvalue weighted by Gasteiger charge is -2.20. The highest BCUT2D eigenvalue weighted by Gasteiger charge is 2.43. The summed E-state index contributed by atoms with van der Waals surface area (Å²) >= 11 is 2.89. The predicted octanol–water partition coefficient (Wildman–Crippen LogP) is 3.14. The van der Waals surface area contributed by atoms with Crippen molar-refractivity contribution >= 4 is 27.6 Å². The second-order valence-corrected chi connectivity index (χ2v) is 4.56. The molecule has 1 N–H and O–H groups in total. The maximum absolute atomic E-state index is 12.6. The molecule has 1 rings (SSSR count). The van der Waals surface area contributed by atoms with Gasteiger partial charge in [0.2, 0.25) is 6.10 Å². The van der Waals surface area contributed by atoms with Crippen molar-refractivity contribution in [3.05, 3.63) is 32.8 Å². The number of nitro benzene ring substituents is 1. The topological polar surface area (TPSA) is 89.7 Å². The Morgan fingerprint density at radius 3 is 2.50 bits per heavy atom. The Morgan fingerprint density at radius 2 is 2.05 bits per heavy atom. The Balaban J connectivity index is 3.04. The summed E-state index contributed by atoms with van der Waals surface area (Å²) in [5, 5.41) is 19.0. The van der Waals surface area contributed by atoms with Crippen LogP contribution in [-0.2, 0) is 4.79 Å². The summed E-state index contributed by atoms with van der Waals surface area (Å²) in [6.45, 7) is 0. The second-order valence-electron chi connectivity index (χ2n) is 3.65. The van der Waals surface area contributed by atoms with Gasteiger partial charge in [-0.15, -0.1) is 0 Å². The first kappa shape index (κ1) is 16.2. The molecule has 0 aliphatic rings. The minimum atomic E-state index is -4.91. The van der Waals surface area contributed by atoms with Gasteiger partial charge in [0.15, 0.2) is 0 Å². The van der Waals surface area contributed by atoms with Crippen LogP contribution in [0.4, 0.5) is 18.9 Å². The van der Waals surface area contributed by atoms with E-state index in [4.69, 9.17) is 5.11 Å². The quantitative estimate of drug-likeness (QED) is 0.645. The molecule has 0 amide bonds. The van der Waals surface area contributed by atoms with Gasteiger partial charge in [0.1, 0.15) is 5.75 Å². The van der Waals surface area contributed by atoms with Gasteiger partial charge in [-0.3, -0.25) is 14.9 Å². The number of nitro groups is 1. The zero-order valence-electron chi connectivity index (χ0n) is 9.56. The molecule has 1 atom stereocenters. The summed E-state index contributed by atoms with van der Waals surface area (Å²) in [5.74, 6) is -2.15. The lowest BCUT2D eigenvalue weighted by molar-refractivity contribution is -0.385. The van der Waals surface area contributed by atoms with E-state index in [0.717, 1.165) is 18.2 Å². The van der Waals surface area contributed by atoms with Crippen molar-refractivity contribution in [2.45, 2.75) is 18.7 Å². The lowest BCUT2D eigenvalue weighted by atomic mass is 10.2. The van der Waals surface area contributed by atoms with Gasteiger partial charge in [-0.05, 0) is 6.07 Å². The number of non-ortho nitro benzene ring substituents is 1. The minimum absolute atomic E-state index is 0.137. The number of carbonyl (C=O) groups is 1. The number of aliphatic carboxylic acids is 1. The van der Waals surface area contributed by atoms with Crippen LogP contribution in [0.5, 0.6) is 5.75 Å². The van der Waals surface area contributed by atoms with Crippen molar-refractivity contribution in [3.8, 4) is 5.75 Å². The monoisotopic (exact) mass is 357 g/mol. The van der Waals surface area contributed by atoms with Crippen LogP contribution >= 0.6 is 15.9 Å². The smallest absolute Gasteiger partial charge is 0.425 e. The first-order chi connectivity index (χ1) is 9.09. The molecular weight excluding hydrogens is 351 g/mol. The van der Waals surface area contributed by atoms with Crippen LogP contribution in [0.15, 0.2) is 22.7 Å². The van der Waals surface area contributed by atoms with Crippen molar-refractivity contribution in [2.75, 3.05) is 0 Å². The molecule has 110 valence electrons. The fraction of sp³-hybridized carbons (Fsp3) is 0.300. The fourth-order valence-corrected chi connectivity index (χ4v) is 1.73. The maximum Gasteiger partial charge on any atom is 0.425 e. The van der Waals surface area contributed by atoms with Crippen molar-refractivity contribution in [1.82, 2.24) is 0 Å². The number of ether oxygens (including phenoxy) is 1. The summed E-state index contributed by atoms with van der Waals surface area (Å²) in [6, 6.07) is 2.94. The summed E-state index contributed by atoms with van der Waals surface area (Å²) in [4.78, 5) is 20.2. The highest BCUT2D eigenvalue weighted by molar-refractivity contribution is 9.10. The third kappa shape index (κ3) is 4.68. The van der Waals surface area contributed by atoms with Crippen molar-refractivity contribution in [2.24, 2.45) is 0 Å². The van der Waals surface area contributed by atoms with Gasteiger partial charge in [0, 0.05) is 10.5 Å². The number of benzene rings is 1. The van der Waals surface area contributed by atoms with E-state index in [1.54, 1.807) is 0 Å². The van der Waals surface area contributed by atoms with Crippen LogP contribution < -0.4 is 4.74 Å². The Morgan fingerprint density at radius 1 is 1.45 bits per heavy atom. The highest BCUT2D eigenvalue weighted by atomic mass is 79.9. The van der Waals surface area contributed by atoms with Crippen molar-refractivity contribution < 1.29 is 32.7 Å². The van der Waals surface area contributed by atoms with Crippen LogP contribution in [0, 0.1) is 10.1 Å². The van der Waals surface area contributed by atoms with Crippen molar-refractivity contribution in [3.63, 3.8) is 0 Å². The van der Waals surface area contributed by atoms with Crippen LogP contribution in [0.25, 0.3) is 0 Å². The van der Waals surface area contributed by atoms with E-state index in [0.29, 0.717) is 0 Å². The minimum Gasteiger partial charge on any atom is -0.481 e. The average molecular weight is 358 g/mol. The summed E-state index contributed by atoms with van der Waals surface area (Å²) in [6.07, 6.45) is -8.80. The van der Waals surface area contributed by atoms with Gasteiger partial charge >= 0.3 is 12.1 Å². The molecule has 1 aromatic rings. The number of halogens is 4. The molecule has 1 aromatic carbocycles. The van der Waals surface area contributed by atoms with E-state index in [1.165, 1.54) is 0 Å². The normalized spacial score (nSPS) is 12.8. The Bertz CT molecular complexity index is 534. The molecule has 0 saturated heterocycles.